The molecule has 0 saturated heterocycles. The van der Waals surface area contributed by atoms with Crippen molar-refractivity contribution in [3.63, 3.8) is 0 Å². The zero-order valence-electron chi connectivity index (χ0n) is 13.3. The largest absolute Gasteiger partial charge is 0.316 e. The molecule has 0 rings (SSSR count). The fourth-order valence-electron chi connectivity index (χ4n) is 2.17. The monoisotopic (exact) mass is 292 g/mol. The Morgan fingerprint density at radius 1 is 1.05 bits per heavy atom. The van der Waals surface area contributed by atoms with E-state index in [-0.39, 0.29) is 11.8 Å². The lowest BCUT2D eigenvalue weighted by atomic mass is 10.1. The molecule has 0 atom stereocenters. The highest BCUT2D eigenvalue weighted by Crippen LogP contribution is 2.16. The van der Waals surface area contributed by atoms with Crippen LogP contribution in [0.4, 0.5) is 0 Å². The summed E-state index contributed by atoms with van der Waals surface area (Å²) in [6, 6.07) is 0.138. The number of rotatable bonds is 11. The van der Waals surface area contributed by atoms with Gasteiger partial charge in [0, 0.05) is 19.1 Å². The number of nitrogens with one attached hydrogen (secondary N) is 1. The van der Waals surface area contributed by atoms with E-state index in [1.165, 1.54) is 0 Å². The molecular formula is C14H32N2O2S. The van der Waals surface area contributed by atoms with Crippen molar-refractivity contribution in [2.24, 2.45) is 5.92 Å². The topological polar surface area (TPSA) is 49.4 Å². The maximum absolute atomic E-state index is 12.5. The molecule has 0 unspecified atom stereocenters. The number of hydrogen-bond acceptors (Lipinski definition) is 3. The normalized spacial score (nSPS) is 12.8. The van der Waals surface area contributed by atoms with Crippen LogP contribution in [0.15, 0.2) is 0 Å². The molecule has 19 heavy (non-hydrogen) atoms. The van der Waals surface area contributed by atoms with Crippen LogP contribution in [0.3, 0.4) is 0 Å². The van der Waals surface area contributed by atoms with Gasteiger partial charge >= 0.3 is 0 Å². The average Bonchev–Trinajstić information content (AvgIpc) is 2.34. The molecule has 1 N–H and O–H groups in total. The minimum absolute atomic E-state index is 0.138. The van der Waals surface area contributed by atoms with Gasteiger partial charge in [0.1, 0.15) is 0 Å². The summed E-state index contributed by atoms with van der Waals surface area (Å²) in [6.07, 6.45) is 2.79. The van der Waals surface area contributed by atoms with Crippen LogP contribution in [0.5, 0.6) is 0 Å². The molecule has 5 heteroatoms. The lowest BCUT2D eigenvalue weighted by molar-refractivity contribution is 0.277. The van der Waals surface area contributed by atoms with Crippen molar-refractivity contribution in [2.45, 2.75) is 59.9 Å². The van der Waals surface area contributed by atoms with E-state index in [1.54, 1.807) is 4.31 Å². The minimum Gasteiger partial charge on any atom is -0.316 e. The Morgan fingerprint density at radius 2 is 1.63 bits per heavy atom. The molecule has 0 saturated carbocycles. The predicted octanol–water partition coefficient (Wildman–Crippen LogP) is 2.46. The molecule has 0 aromatic heterocycles. The van der Waals surface area contributed by atoms with Gasteiger partial charge in [-0.1, -0.05) is 34.6 Å². The van der Waals surface area contributed by atoms with Crippen molar-refractivity contribution in [2.75, 3.05) is 25.4 Å². The molecule has 4 nitrogen and oxygen atoms in total. The molecule has 0 amide bonds. The van der Waals surface area contributed by atoms with Gasteiger partial charge in [-0.3, -0.25) is 0 Å². The van der Waals surface area contributed by atoms with Crippen molar-refractivity contribution in [3.05, 3.63) is 0 Å². The Balaban J connectivity index is 4.71. The van der Waals surface area contributed by atoms with Gasteiger partial charge in [-0.05, 0) is 31.7 Å². The third-order valence-corrected chi connectivity index (χ3v) is 5.10. The summed E-state index contributed by atoms with van der Waals surface area (Å²) in [7, 11) is -3.15. The summed E-state index contributed by atoms with van der Waals surface area (Å²) in [5, 5.41) is 3.17. The lowest BCUT2D eigenvalue weighted by Crippen LogP contribution is -2.44. The van der Waals surface area contributed by atoms with Gasteiger partial charge in [-0.15, -0.1) is 0 Å². The van der Waals surface area contributed by atoms with Crippen molar-refractivity contribution < 1.29 is 8.42 Å². The Hall–Kier alpha value is -0.130. The van der Waals surface area contributed by atoms with Crippen LogP contribution in [0, 0.1) is 5.92 Å². The fourth-order valence-corrected chi connectivity index (χ4v) is 4.08. The smallest absolute Gasteiger partial charge is 0.215 e. The first-order valence-corrected chi connectivity index (χ1v) is 9.20. The molecule has 0 radical (unpaired) electrons. The highest BCUT2D eigenvalue weighted by atomic mass is 32.2. The molecule has 0 fully saturated rings. The van der Waals surface area contributed by atoms with Crippen LogP contribution >= 0.6 is 0 Å². The zero-order valence-corrected chi connectivity index (χ0v) is 14.1. The summed E-state index contributed by atoms with van der Waals surface area (Å²) in [5.41, 5.74) is 0. The van der Waals surface area contributed by atoms with Gasteiger partial charge in [0.15, 0.2) is 0 Å². The van der Waals surface area contributed by atoms with E-state index in [2.05, 4.69) is 39.9 Å². The Morgan fingerprint density at radius 3 is 2.05 bits per heavy atom. The van der Waals surface area contributed by atoms with Crippen molar-refractivity contribution in [3.8, 4) is 0 Å². The molecule has 0 aromatic carbocycles. The second-order valence-corrected chi connectivity index (χ2v) is 7.54. The van der Waals surface area contributed by atoms with Crippen LogP contribution in [-0.2, 0) is 10.0 Å². The van der Waals surface area contributed by atoms with Crippen LogP contribution in [0.2, 0.25) is 0 Å². The summed E-state index contributed by atoms with van der Waals surface area (Å²) in [6.45, 7) is 12.4. The van der Waals surface area contributed by atoms with Gasteiger partial charge in [0.2, 0.25) is 10.0 Å². The highest BCUT2D eigenvalue weighted by Gasteiger charge is 2.27. The molecule has 0 spiro atoms. The Labute approximate surface area is 120 Å². The molecular weight excluding hydrogens is 260 g/mol. The molecule has 0 aromatic rings. The Kier molecular flexibility index (Phi) is 9.66. The molecule has 0 aliphatic carbocycles. The summed E-state index contributed by atoms with van der Waals surface area (Å²) < 4.78 is 26.7. The molecule has 0 bridgehead atoms. The van der Waals surface area contributed by atoms with Crippen molar-refractivity contribution in [1.82, 2.24) is 9.62 Å². The fraction of sp³-hybridized carbons (Fsp3) is 1.00. The first-order chi connectivity index (χ1) is 8.88. The van der Waals surface area contributed by atoms with Gasteiger partial charge in [0.05, 0.1) is 5.75 Å². The van der Waals surface area contributed by atoms with Gasteiger partial charge in [0.25, 0.3) is 0 Å². The quantitative estimate of drug-likeness (QED) is 0.595. The van der Waals surface area contributed by atoms with Crippen LogP contribution < -0.4 is 5.32 Å². The molecule has 0 heterocycles. The summed E-state index contributed by atoms with van der Waals surface area (Å²) in [4.78, 5) is 0. The first kappa shape index (κ1) is 18.9. The summed E-state index contributed by atoms with van der Waals surface area (Å²) in [5.74, 6) is 0.565. The maximum Gasteiger partial charge on any atom is 0.215 e. The van der Waals surface area contributed by atoms with Gasteiger partial charge in [-0.25, -0.2) is 8.42 Å². The second kappa shape index (κ2) is 9.72. The highest BCUT2D eigenvalue weighted by molar-refractivity contribution is 7.89. The maximum atomic E-state index is 12.5. The number of hydrogen-bond donors (Lipinski definition) is 1. The third-order valence-electron chi connectivity index (χ3n) is 3.22. The zero-order chi connectivity index (χ0) is 14.9. The number of nitrogens with zero attached hydrogens (tertiary/aromatic N) is 1. The predicted molar refractivity (Wildman–Crippen MR) is 82.9 cm³/mol. The van der Waals surface area contributed by atoms with Crippen LogP contribution in [0.25, 0.3) is 0 Å². The second-order valence-electron chi connectivity index (χ2n) is 5.50. The van der Waals surface area contributed by atoms with Crippen LogP contribution in [-0.4, -0.2) is 44.2 Å². The van der Waals surface area contributed by atoms with Crippen molar-refractivity contribution >= 4 is 10.0 Å². The SMILES string of the molecule is CCCNCCS(=O)(=O)N(CC(C)C)C(CC)CC. The van der Waals surface area contributed by atoms with E-state index in [0.29, 0.717) is 19.0 Å². The summed E-state index contributed by atoms with van der Waals surface area (Å²) >= 11 is 0. The van der Waals surface area contributed by atoms with E-state index in [9.17, 15) is 8.42 Å². The molecule has 0 aliphatic heterocycles. The van der Waals surface area contributed by atoms with Crippen molar-refractivity contribution in [1.29, 1.82) is 0 Å². The van der Waals surface area contributed by atoms with Gasteiger partial charge in [-0.2, -0.15) is 4.31 Å². The molecule has 0 aliphatic rings. The van der Waals surface area contributed by atoms with E-state index < -0.39 is 10.0 Å². The number of sulfonamides is 1. The van der Waals surface area contributed by atoms with E-state index in [1.807, 2.05) is 0 Å². The van der Waals surface area contributed by atoms with E-state index in [4.69, 9.17) is 0 Å². The first-order valence-electron chi connectivity index (χ1n) is 7.59. The van der Waals surface area contributed by atoms with E-state index >= 15 is 0 Å². The standard InChI is InChI=1S/C14H32N2O2S/c1-6-9-15-10-11-19(17,18)16(12-13(4)5)14(7-2)8-3/h13-15H,6-12H2,1-5H3. The lowest BCUT2D eigenvalue weighted by Gasteiger charge is -2.31. The molecule has 116 valence electrons. The van der Waals surface area contributed by atoms with Crippen LogP contribution in [0.1, 0.15) is 53.9 Å². The Bertz CT molecular complexity index is 311. The van der Waals surface area contributed by atoms with E-state index in [0.717, 1.165) is 25.8 Å². The van der Waals surface area contributed by atoms with Gasteiger partial charge < -0.3 is 5.32 Å². The third kappa shape index (κ3) is 7.28. The average molecular weight is 292 g/mol. The minimum atomic E-state index is -3.15.